The van der Waals surface area contributed by atoms with Crippen LogP contribution in [0, 0.1) is 0 Å². The van der Waals surface area contributed by atoms with Crippen molar-refractivity contribution in [1.29, 1.82) is 0 Å². The summed E-state index contributed by atoms with van der Waals surface area (Å²) in [5, 5.41) is 4.10. The standard InChI is InChI=1S/C33H41N5OS2/c1-37(40-2)16-17-38-23-27(30-8-4-3-7-29(30)24-14-18-39-19-15-24)21-26-22-34-33(36-32(26)38)35-28-12-10-25(11-13-28)31-9-5-6-20-41-31/h3-4,7-8,10-13,21-22,24,31H,5-6,9,14-20,23H2,1-2H3,(H,34,35,36). The Labute approximate surface area is 253 Å². The topological polar surface area (TPSA) is 53.5 Å². The van der Waals surface area contributed by atoms with Crippen molar-refractivity contribution < 1.29 is 4.74 Å². The van der Waals surface area contributed by atoms with Crippen LogP contribution >= 0.6 is 23.7 Å². The third-order valence-corrected chi connectivity index (χ3v) is 10.7. The average Bonchev–Trinajstić information content (AvgIpc) is 3.04. The van der Waals surface area contributed by atoms with Crippen molar-refractivity contribution in [3.63, 3.8) is 0 Å². The Morgan fingerprint density at radius 2 is 1.90 bits per heavy atom. The second kappa shape index (κ2) is 13.6. The first kappa shape index (κ1) is 28.6. The quantitative estimate of drug-likeness (QED) is 0.256. The average molecular weight is 588 g/mol. The first-order chi connectivity index (χ1) is 20.2. The zero-order valence-corrected chi connectivity index (χ0v) is 25.9. The molecular formula is C33H41N5OS2. The molecule has 0 radical (unpaired) electrons. The molecule has 6 rings (SSSR count). The van der Waals surface area contributed by atoms with Gasteiger partial charge in [0.2, 0.25) is 5.95 Å². The maximum atomic E-state index is 5.67. The normalized spacial score (nSPS) is 19.6. The van der Waals surface area contributed by atoms with Crippen molar-refractivity contribution in [3.05, 3.63) is 77.0 Å². The zero-order chi connectivity index (χ0) is 28.0. The van der Waals surface area contributed by atoms with Gasteiger partial charge in [-0.05, 0) is 91.1 Å². The van der Waals surface area contributed by atoms with Gasteiger partial charge in [0, 0.05) is 55.5 Å². The van der Waals surface area contributed by atoms with Gasteiger partial charge in [0.25, 0.3) is 0 Å². The highest BCUT2D eigenvalue weighted by Crippen LogP contribution is 2.39. The Morgan fingerprint density at radius 3 is 2.68 bits per heavy atom. The maximum absolute atomic E-state index is 5.67. The van der Waals surface area contributed by atoms with E-state index in [-0.39, 0.29) is 0 Å². The van der Waals surface area contributed by atoms with E-state index in [9.17, 15) is 0 Å². The number of hydrogen-bond acceptors (Lipinski definition) is 8. The fraction of sp³-hybridized carbons (Fsp3) is 0.455. The smallest absolute Gasteiger partial charge is 0.229 e. The predicted molar refractivity (Wildman–Crippen MR) is 176 cm³/mol. The van der Waals surface area contributed by atoms with E-state index in [0.717, 1.165) is 62.8 Å². The minimum Gasteiger partial charge on any atom is -0.381 e. The molecule has 2 saturated heterocycles. The van der Waals surface area contributed by atoms with Gasteiger partial charge in [-0.3, -0.25) is 4.31 Å². The van der Waals surface area contributed by atoms with Gasteiger partial charge >= 0.3 is 0 Å². The lowest BCUT2D eigenvalue weighted by molar-refractivity contribution is 0.0853. The monoisotopic (exact) mass is 587 g/mol. The molecule has 0 amide bonds. The lowest BCUT2D eigenvalue weighted by Crippen LogP contribution is -2.35. The number of nitrogens with one attached hydrogen (secondary N) is 1. The molecule has 0 spiro atoms. The molecule has 1 aromatic heterocycles. The number of ether oxygens (including phenoxy) is 1. The van der Waals surface area contributed by atoms with E-state index in [1.165, 1.54) is 47.3 Å². The van der Waals surface area contributed by atoms with Crippen molar-refractivity contribution in [1.82, 2.24) is 14.3 Å². The fourth-order valence-corrected chi connectivity index (χ4v) is 7.68. The molecule has 1 atom stereocenters. The van der Waals surface area contributed by atoms with Crippen molar-refractivity contribution >= 4 is 52.8 Å². The van der Waals surface area contributed by atoms with E-state index in [2.05, 4.69) is 94.2 Å². The van der Waals surface area contributed by atoms with Gasteiger partial charge in [-0.2, -0.15) is 16.7 Å². The first-order valence-corrected chi connectivity index (χ1v) is 17.1. The van der Waals surface area contributed by atoms with Crippen LogP contribution in [0.5, 0.6) is 0 Å². The first-order valence-electron chi connectivity index (χ1n) is 14.9. The van der Waals surface area contributed by atoms with Crippen LogP contribution in [0.3, 0.4) is 0 Å². The van der Waals surface area contributed by atoms with Crippen molar-refractivity contribution in [2.45, 2.75) is 43.3 Å². The summed E-state index contributed by atoms with van der Waals surface area (Å²) in [6, 6.07) is 17.8. The van der Waals surface area contributed by atoms with Crippen LogP contribution in [0.25, 0.3) is 11.6 Å². The summed E-state index contributed by atoms with van der Waals surface area (Å²) < 4.78 is 7.95. The number of fused-ring (bicyclic) bond motifs is 1. The number of benzene rings is 2. The highest BCUT2D eigenvalue weighted by atomic mass is 32.2. The lowest BCUT2D eigenvalue weighted by atomic mass is 9.85. The molecule has 1 unspecified atom stereocenters. The maximum Gasteiger partial charge on any atom is 0.229 e. The van der Waals surface area contributed by atoms with Gasteiger partial charge in [0.15, 0.2) is 0 Å². The molecule has 3 aliphatic rings. The summed E-state index contributed by atoms with van der Waals surface area (Å²) in [5.74, 6) is 3.46. The Morgan fingerprint density at radius 1 is 1.07 bits per heavy atom. The van der Waals surface area contributed by atoms with E-state index in [1.54, 1.807) is 11.9 Å². The number of thioether (sulfide) groups is 1. The molecule has 3 aromatic rings. The number of aromatic nitrogens is 2. The predicted octanol–water partition coefficient (Wildman–Crippen LogP) is 7.64. The number of anilines is 3. The molecule has 41 heavy (non-hydrogen) atoms. The van der Waals surface area contributed by atoms with Crippen LogP contribution in [0.1, 0.15) is 65.5 Å². The zero-order valence-electron chi connectivity index (χ0n) is 24.2. The van der Waals surface area contributed by atoms with Crippen molar-refractivity contribution in [2.75, 3.05) is 62.1 Å². The number of rotatable bonds is 9. The van der Waals surface area contributed by atoms with E-state index in [0.29, 0.717) is 17.1 Å². The van der Waals surface area contributed by atoms with Crippen LogP contribution in [-0.4, -0.2) is 66.2 Å². The number of likely N-dealkylation sites (N-methyl/N-ethyl adjacent to an activating group) is 1. The van der Waals surface area contributed by atoms with Gasteiger partial charge < -0.3 is 15.0 Å². The third kappa shape index (κ3) is 6.94. The molecule has 2 aromatic carbocycles. The van der Waals surface area contributed by atoms with Gasteiger partial charge in [-0.1, -0.05) is 54.8 Å². The number of hydrogen-bond donors (Lipinski definition) is 1. The summed E-state index contributed by atoms with van der Waals surface area (Å²) >= 11 is 3.85. The SMILES string of the molecule is CSN(C)CCN1CC(c2ccccc2C2CCOCC2)=Cc2cnc(Nc3ccc(C4CCCCS4)cc3)nc21. The van der Waals surface area contributed by atoms with Gasteiger partial charge in [-0.25, -0.2) is 4.98 Å². The van der Waals surface area contributed by atoms with E-state index >= 15 is 0 Å². The molecule has 3 aliphatic heterocycles. The lowest BCUT2D eigenvalue weighted by Gasteiger charge is -2.33. The number of nitrogens with zero attached hydrogens (tertiary/aromatic N) is 4. The largest absolute Gasteiger partial charge is 0.381 e. The minimum atomic E-state index is 0.546. The molecule has 216 valence electrons. The summed E-state index contributed by atoms with van der Waals surface area (Å²) in [6.45, 7) is 4.37. The molecule has 8 heteroatoms. The highest BCUT2D eigenvalue weighted by molar-refractivity contribution is 7.99. The summed E-state index contributed by atoms with van der Waals surface area (Å²) in [4.78, 5) is 12.2. The van der Waals surface area contributed by atoms with Gasteiger partial charge in [-0.15, -0.1) is 0 Å². The minimum absolute atomic E-state index is 0.546. The molecule has 0 aliphatic carbocycles. The van der Waals surface area contributed by atoms with Crippen LogP contribution in [0.2, 0.25) is 0 Å². The van der Waals surface area contributed by atoms with Crippen LogP contribution in [-0.2, 0) is 4.74 Å². The summed E-state index contributed by atoms with van der Waals surface area (Å²) in [5.41, 5.74) is 7.67. The van der Waals surface area contributed by atoms with Gasteiger partial charge in [0.05, 0.1) is 0 Å². The van der Waals surface area contributed by atoms with Crippen LogP contribution in [0.15, 0.2) is 54.7 Å². The van der Waals surface area contributed by atoms with E-state index < -0.39 is 0 Å². The summed E-state index contributed by atoms with van der Waals surface area (Å²) in [7, 11) is 2.15. The van der Waals surface area contributed by atoms with E-state index in [4.69, 9.17) is 14.7 Å². The fourth-order valence-electron chi connectivity index (χ4n) is 6.08. The second-order valence-electron chi connectivity index (χ2n) is 11.2. The second-order valence-corrected chi connectivity index (χ2v) is 13.5. The Balaban J connectivity index is 1.26. The molecule has 6 nitrogen and oxygen atoms in total. The molecular weight excluding hydrogens is 547 g/mol. The third-order valence-electron chi connectivity index (χ3n) is 8.47. The Bertz CT molecular complexity index is 1340. The highest BCUT2D eigenvalue weighted by Gasteiger charge is 2.26. The van der Waals surface area contributed by atoms with Crippen LogP contribution in [0.4, 0.5) is 17.5 Å². The molecule has 0 saturated carbocycles. The molecule has 1 N–H and O–H groups in total. The molecule has 2 fully saturated rings. The van der Waals surface area contributed by atoms with Crippen LogP contribution < -0.4 is 10.2 Å². The summed E-state index contributed by atoms with van der Waals surface area (Å²) in [6.07, 6.45) is 12.6. The van der Waals surface area contributed by atoms with E-state index in [1.807, 2.05) is 6.20 Å². The molecule has 4 heterocycles. The van der Waals surface area contributed by atoms with Gasteiger partial charge in [0.1, 0.15) is 5.82 Å². The van der Waals surface area contributed by atoms with Crippen molar-refractivity contribution in [3.8, 4) is 0 Å². The Kier molecular flexibility index (Phi) is 9.51. The van der Waals surface area contributed by atoms with Crippen molar-refractivity contribution in [2.24, 2.45) is 0 Å². The molecule has 0 bridgehead atoms. The Hall–Kier alpha value is -2.52.